The number of thioether (sulfide) groups is 1. The average Bonchev–Trinajstić information content (AvgIpc) is 2.82. The van der Waals surface area contributed by atoms with Gasteiger partial charge in [-0.3, -0.25) is 4.57 Å². The van der Waals surface area contributed by atoms with Gasteiger partial charge < -0.3 is 20.7 Å². The van der Waals surface area contributed by atoms with E-state index in [0.717, 1.165) is 9.46 Å². The Morgan fingerprint density at radius 1 is 1.22 bits per heavy atom. The van der Waals surface area contributed by atoms with E-state index in [2.05, 4.69) is 4.98 Å². The van der Waals surface area contributed by atoms with Crippen LogP contribution in [0.3, 0.4) is 0 Å². The summed E-state index contributed by atoms with van der Waals surface area (Å²) in [5.74, 6) is 0.547. The summed E-state index contributed by atoms with van der Waals surface area (Å²) < 4.78 is 6.81. The minimum Gasteiger partial charge on any atom is -0.387 e. The molecule has 1 aromatic heterocycles. The monoisotopic (exact) mass is 335 g/mol. The highest BCUT2D eigenvalue weighted by atomic mass is 32.2. The lowest BCUT2D eigenvalue weighted by atomic mass is 10.1. The van der Waals surface area contributed by atoms with Crippen molar-refractivity contribution in [2.24, 2.45) is 0 Å². The number of benzene rings is 1. The second-order valence-electron chi connectivity index (χ2n) is 5.21. The van der Waals surface area contributed by atoms with E-state index in [9.17, 15) is 15.0 Å². The number of aromatic nitrogens is 2. The number of nitrogens with zero attached hydrogens (tertiary/aromatic N) is 2. The molecule has 0 amide bonds. The van der Waals surface area contributed by atoms with Gasteiger partial charge >= 0.3 is 5.69 Å². The molecule has 2 heterocycles. The maximum absolute atomic E-state index is 11.9. The Morgan fingerprint density at radius 2 is 1.96 bits per heavy atom. The van der Waals surface area contributed by atoms with Gasteiger partial charge in [-0.25, -0.2) is 4.79 Å². The predicted octanol–water partition coefficient (Wildman–Crippen LogP) is 0.237. The van der Waals surface area contributed by atoms with Gasteiger partial charge in [0.25, 0.3) is 0 Å². The van der Waals surface area contributed by atoms with Gasteiger partial charge in [-0.15, -0.1) is 11.8 Å². The normalized spacial score (nSPS) is 27.2. The number of rotatable bonds is 4. The summed E-state index contributed by atoms with van der Waals surface area (Å²) in [6.07, 6.45) is -2.46. The van der Waals surface area contributed by atoms with Crippen molar-refractivity contribution in [3.8, 4) is 0 Å². The van der Waals surface area contributed by atoms with Crippen LogP contribution in [0.4, 0.5) is 5.82 Å². The molecule has 2 aromatic rings. The van der Waals surface area contributed by atoms with Crippen molar-refractivity contribution in [1.29, 1.82) is 0 Å². The van der Waals surface area contributed by atoms with Gasteiger partial charge in [-0.2, -0.15) is 4.98 Å². The first-order chi connectivity index (χ1) is 11.1. The minimum absolute atomic E-state index is 0.0930. The zero-order valence-corrected chi connectivity index (χ0v) is 13.0. The van der Waals surface area contributed by atoms with Gasteiger partial charge in [0.2, 0.25) is 0 Å². The Morgan fingerprint density at radius 3 is 2.65 bits per heavy atom. The van der Waals surface area contributed by atoms with E-state index in [4.69, 9.17) is 10.5 Å². The first-order valence-electron chi connectivity index (χ1n) is 7.10. The van der Waals surface area contributed by atoms with Crippen LogP contribution >= 0.6 is 11.8 Å². The number of ether oxygens (including phenoxy) is 1. The van der Waals surface area contributed by atoms with Gasteiger partial charge in [0.05, 0.1) is 6.10 Å². The van der Waals surface area contributed by atoms with E-state index in [1.165, 1.54) is 24.0 Å². The molecule has 23 heavy (non-hydrogen) atoms. The Balaban J connectivity index is 1.72. The summed E-state index contributed by atoms with van der Waals surface area (Å²) >= 11 is 1.51. The third-order valence-electron chi connectivity index (χ3n) is 3.62. The molecule has 4 atom stereocenters. The maximum atomic E-state index is 11.9. The molecule has 0 bridgehead atoms. The van der Waals surface area contributed by atoms with Crippen molar-refractivity contribution in [3.05, 3.63) is 53.1 Å². The van der Waals surface area contributed by atoms with Crippen molar-refractivity contribution in [2.45, 2.75) is 29.4 Å². The molecule has 8 heteroatoms. The van der Waals surface area contributed by atoms with Crippen LogP contribution in [-0.2, 0) is 4.74 Å². The first-order valence-corrected chi connectivity index (χ1v) is 8.09. The van der Waals surface area contributed by atoms with Gasteiger partial charge in [-0.05, 0) is 18.2 Å². The number of hydrogen-bond donors (Lipinski definition) is 3. The van der Waals surface area contributed by atoms with E-state index in [1.54, 1.807) is 0 Å². The second kappa shape index (κ2) is 6.71. The van der Waals surface area contributed by atoms with E-state index in [1.807, 2.05) is 30.3 Å². The molecule has 1 aliphatic rings. The number of anilines is 1. The zero-order chi connectivity index (χ0) is 16.4. The van der Waals surface area contributed by atoms with Crippen LogP contribution in [0.1, 0.15) is 6.23 Å². The summed E-state index contributed by atoms with van der Waals surface area (Å²) in [6.45, 7) is 0. The van der Waals surface area contributed by atoms with Crippen molar-refractivity contribution < 1.29 is 14.9 Å². The largest absolute Gasteiger partial charge is 0.387 e. The summed E-state index contributed by atoms with van der Waals surface area (Å²) in [5.41, 5.74) is 4.82. The molecular weight excluding hydrogens is 318 g/mol. The molecule has 0 saturated carbocycles. The molecule has 1 aliphatic heterocycles. The van der Waals surface area contributed by atoms with Gasteiger partial charge in [0, 0.05) is 16.8 Å². The van der Waals surface area contributed by atoms with Crippen LogP contribution < -0.4 is 11.4 Å². The van der Waals surface area contributed by atoms with Gasteiger partial charge in [0.1, 0.15) is 18.0 Å². The Labute approximate surface area is 136 Å². The molecule has 0 aliphatic carbocycles. The van der Waals surface area contributed by atoms with Crippen molar-refractivity contribution >= 4 is 17.6 Å². The lowest BCUT2D eigenvalue weighted by Crippen LogP contribution is -2.35. The summed E-state index contributed by atoms with van der Waals surface area (Å²) in [7, 11) is 0. The number of aliphatic hydroxyl groups excluding tert-OH is 2. The highest BCUT2D eigenvalue weighted by Crippen LogP contribution is 2.32. The SMILES string of the molecule is Nc1ccn([C@@H]2O[C@H](CSc3ccccc3)[C@@H](O)[C@H]2O)c(=O)n1. The Kier molecular flexibility index (Phi) is 4.67. The Hall–Kier alpha value is -1.87. The van der Waals surface area contributed by atoms with Crippen LogP contribution in [0.2, 0.25) is 0 Å². The summed E-state index contributed by atoms with van der Waals surface area (Å²) in [5, 5.41) is 20.3. The topological polar surface area (TPSA) is 111 Å². The molecule has 7 nitrogen and oxygen atoms in total. The van der Waals surface area contributed by atoms with Gasteiger partial charge in [0.15, 0.2) is 6.23 Å². The molecule has 1 saturated heterocycles. The lowest BCUT2D eigenvalue weighted by Gasteiger charge is -2.16. The van der Waals surface area contributed by atoms with Crippen molar-refractivity contribution in [1.82, 2.24) is 9.55 Å². The molecule has 0 radical (unpaired) electrons. The van der Waals surface area contributed by atoms with Crippen molar-refractivity contribution in [2.75, 3.05) is 11.5 Å². The van der Waals surface area contributed by atoms with Gasteiger partial charge in [-0.1, -0.05) is 18.2 Å². The molecule has 0 spiro atoms. The van der Waals surface area contributed by atoms with Crippen molar-refractivity contribution in [3.63, 3.8) is 0 Å². The fraction of sp³-hybridized carbons (Fsp3) is 0.333. The predicted molar refractivity (Wildman–Crippen MR) is 86.0 cm³/mol. The third-order valence-corrected chi connectivity index (χ3v) is 4.72. The number of nitrogens with two attached hydrogens (primary N) is 1. The average molecular weight is 335 g/mol. The summed E-state index contributed by atoms with van der Waals surface area (Å²) in [6, 6.07) is 11.1. The van der Waals surface area contributed by atoms with Crippen LogP contribution in [0.25, 0.3) is 0 Å². The quantitative estimate of drug-likeness (QED) is 0.686. The zero-order valence-electron chi connectivity index (χ0n) is 12.1. The van der Waals surface area contributed by atoms with Crippen LogP contribution in [0.5, 0.6) is 0 Å². The number of aliphatic hydroxyl groups is 2. The van der Waals surface area contributed by atoms with Crippen LogP contribution in [-0.4, -0.2) is 43.8 Å². The highest BCUT2D eigenvalue weighted by molar-refractivity contribution is 7.99. The smallest absolute Gasteiger partial charge is 0.351 e. The molecule has 1 fully saturated rings. The van der Waals surface area contributed by atoms with Crippen LogP contribution in [0, 0.1) is 0 Å². The van der Waals surface area contributed by atoms with Crippen LogP contribution in [0.15, 0.2) is 52.3 Å². The lowest BCUT2D eigenvalue weighted by molar-refractivity contribution is -0.0339. The highest BCUT2D eigenvalue weighted by Gasteiger charge is 2.43. The standard InChI is InChI=1S/C15H17N3O4S/c16-11-6-7-18(15(21)17-11)14-13(20)12(19)10(22-14)8-23-9-4-2-1-3-5-9/h1-7,10,12-14,19-20H,8H2,(H2,16,17,21)/t10-,12-,13-,14-/m1/s1. The maximum Gasteiger partial charge on any atom is 0.351 e. The number of hydrogen-bond acceptors (Lipinski definition) is 7. The Bertz CT molecular complexity index is 724. The van der Waals surface area contributed by atoms with E-state index < -0.39 is 30.2 Å². The minimum atomic E-state index is -1.21. The van der Waals surface area contributed by atoms with E-state index in [-0.39, 0.29) is 5.82 Å². The molecule has 3 rings (SSSR count). The molecular formula is C15H17N3O4S. The molecule has 1 aromatic carbocycles. The summed E-state index contributed by atoms with van der Waals surface area (Å²) in [4.78, 5) is 16.5. The molecule has 122 valence electrons. The second-order valence-corrected chi connectivity index (χ2v) is 6.31. The fourth-order valence-corrected chi connectivity index (χ4v) is 3.39. The number of nitrogen functional groups attached to an aromatic ring is 1. The fourth-order valence-electron chi connectivity index (χ4n) is 2.41. The van der Waals surface area contributed by atoms with E-state index in [0.29, 0.717) is 5.75 Å². The first kappa shape index (κ1) is 16.0. The van der Waals surface area contributed by atoms with E-state index >= 15 is 0 Å². The molecule has 4 N–H and O–H groups in total. The third kappa shape index (κ3) is 3.40. The molecule has 0 unspecified atom stereocenters.